The van der Waals surface area contributed by atoms with Gasteiger partial charge in [0, 0.05) is 24.0 Å². The molecule has 2 heterocycles. The molecule has 2 aromatic rings. The van der Waals surface area contributed by atoms with Gasteiger partial charge in [0.2, 0.25) is 0 Å². The number of hydrogen-bond donors (Lipinski definition) is 3. The molecule has 1 aromatic heterocycles. The highest BCUT2D eigenvalue weighted by Crippen LogP contribution is 2.21. The van der Waals surface area contributed by atoms with Crippen molar-refractivity contribution in [1.29, 1.82) is 0 Å². The van der Waals surface area contributed by atoms with Gasteiger partial charge in [-0.05, 0) is 30.0 Å². The van der Waals surface area contributed by atoms with Gasteiger partial charge < -0.3 is 15.0 Å². The summed E-state index contributed by atoms with van der Waals surface area (Å²) < 4.78 is 4.91. The Bertz CT molecular complexity index is 787. The number of aromatic nitrogens is 2. The van der Waals surface area contributed by atoms with Crippen LogP contribution in [0.25, 0.3) is 0 Å². The molecule has 1 atom stereocenters. The van der Waals surface area contributed by atoms with Gasteiger partial charge in [-0.3, -0.25) is 10.4 Å². The number of H-pyrrole nitrogens is 1. The molecule has 0 spiro atoms. The van der Waals surface area contributed by atoms with Gasteiger partial charge in [0.25, 0.3) is 0 Å². The lowest BCUT2D eigenvalue weighted by molar-refractivity contribution is 0.157. The van der Waals surface area contributed by atoms with Crippen LogP contribution in [-0.2, 0) is 11.3 Å². The summed E-state index contributed by atoms with van der Waals surface area (Å²) in [5.74, 6) is 0.871. The quantitative estimate of drug-likeness (QED) is 0.687. The SMILES string of the molecule is CCCC(C)c1cc(NC(=O)Nc2ccc(CN3CCOC3=O)cc2)n[nH]1. The maximum absolute atomic E-state index is 12.1. The van der Waals surface area contributed by atoms with Crippen molar-refractivity contribution in [3.63, 3.8) is 0 Å². The Morgan fingerprint density at radius 3 is 2.78 bits per heavy atom. The van der Waals surface area contributed by atoms with Gasteiger partial charge in [-0.1, -0.05) is 32.4 Å². The molecule has 1 aliphatic rings. The van der Waals surface area contributed by atoms with Crippen LogP contribution in [0.2, 0.25) is 0 Å². The topological polar surface area (TPSA) is 99.4 Å². The second kappa shape index (κ2) is 8.57. The number of ether oxygens (including phenoxy) is 1. The molecule has 3 N–H and O–H groups in total. The summed E-state index contributed by atoms with van der Waals surface area (Å²) in [6, 6.07) is 8.86. The summed E-state index contributed by atoms with van der Waals surface area (Å²) in [7, 11) is 0. The molecule has 0 bridgehead atoms. The molecule has 1 aliphatic heterocycles. The van der Waals surface area contributed by atoms with Crippen LogP contribution in [-0.4, -0.2) is 40.4 Å². The van der Waals surface area contributed by atoms with Crippen molar-refractivity contribution in [3.8, 4) is 0 Å². The molecule has 8 heteroatoms. The van der Waals surface area contributed by atoms with Crippen LogP contribution >= 0.6 is 0 Å². The van der Waals surface area contributed by atoms with Crippen molar-refractivity contribution < 1.29 is 14.3 Å². The molecular weight excluding hydrogens is 346 g/mol. The largest absolute Gasteiger partial charge is 0.448 e. The molecule has 1 unspecified atom stereocenters. The Morgan fingerprint density at radius 2 is 2.11 bits per heavy atom. The predicted octanol–water partition coefficient (Wildman–Crippen LogP) is 3.91. The van der Waals surface area contributed by atoms with E-state index in [9.17, 15) is 9.59 Å². The minimum atomic E-state index is -0.355. The highest BCUT2D eigenvalue weighted by Gasteiger charge is 2.21. The van der Waals surface area contributed by atoms with E-state index in [0.717, 1.165) is 24.1 Å². The molecule has 1 aromatic carbocycles. The lowest BCUT2D eigenvalue weighted by Crippen LogP contribution is -2.23. The van der Waals surface area contributed by atoms with E-state index in [4.69, 9.17) is 4.74 Å². The summed E-state index contributed by atoms with van der Waals surface area (Å²) in [6.07, 6.45) is 1.87. The van der Waals surface area contributed by atoms with Crippen LogP contribution in [0.1, 0.15) is 43.9 Å². The van der Waals surface area contributed by atoms with E-state index >= 15 is 0 Å². The van der Waals surface area contributed by atoms with Crippen molar-refractivity contribution in [1.82, 2.24) is 15.1 Å². The number of cyclic esters (lactones) is 1. The summed E-state index contributed by atoms with van der Waals surface area (Å²) in [5.41, 5.74) is 2.65. The number of nitrogens with one attached hydrogen (secondary N) is 3. The maximum atomic E-state index is 12.1. The number of urea groups is 1. The number of hydrogen-bond acceptors (Lipinski definition) is 4. The Hall–Kier alpha value is -3.03. The highest BCUT2D eigenvalue weighted by molar-refractivity contribution is 5.99. The third-order valence-corrected chi connectivity index (χ3v) is 4.52. The molecule has 1 saturated heterocycles. The first-order valence-electron chi connectivity index (χ1n) is 9.19. The van der Waals surface area contributed by atoms with E-state index in [2.05, 4.69) is 34.7 Å². The zero-order chi connectivity index (χ0) is 19.2. The number of anilines is 2. The van der Waals surface area contributed by atoms with E-state index in [-0.39, 0.29) is 12.1 Å². The third-order valence-electron chi connectivity index (χ3n) is 4.52. The van der Waals surface area contributed by atoms with Crippen LogP contribution < -0.4 is 10.6 Å². The van der Waals surface area contributed by atoms with Crippen molar-refractivity contribution in [2.75, 3.05) is 23.8 Å². The van der Waals surface area contributed by atoms with E-state index in [0.29, 0.717) is 37.1 Å². The number of rotatable bonds is 7. The summed E-state index contributed by atoms with van der Waals surface area (Å²) >= 11 is 0. The average molecular weight is 371 g/mol. The first-order valence-corrected chi connectivity index (χ1v) is 9.19. The fourth-order valence-electron chi connectivity index (χ4n) is 3.00. The molecule has 8 nitrogen and oxygen atoms in total. The molecule has 3 rings (SSSR count). The van der Waals surface area contributed by atoms with Gasteiger partial charge in [-0.25, -0.2) is 9.59 Å². The second-order valence-electron chi connectivity index (χ2n) is 6.71. The van der Waals surface area contributed by atoms with E-state index in [1.54, 1.807) is 17.0 Å². The zero-order valence-corrected chi connectivity index (χ0v) is 15.6. The minimum Gasteiger partial charge on any atom is -0.448 e. The van der Waals surface area contributed by atoms with Crippen molar-refractivity contribution >= 4 is 23.6 Å². The maximum Gasteiger partial charge on any atom is 0.410 e. The molecule has 1 fully saturated rings. The first-order chi connectivity index (χ1) is 13.0. The predicted molar refractivity (Wildman–Crippen MR) is 103 cm³/mol. The molecule has 27 heavy (non-hydrogen) atoms. The lowest BCUT2D eigenvalue weighted by Gasteiger charge is -2.13. The Morgan fingerprint density at radius 1 is 1.33 bits per heavy atom. The Kier molecular flexibility index (Phi) is 5.95. The van der Waals surface area contributed by atoms with E-state index in [1.807, 2.05) is 18.2 Å². The number of carbonyl (C=O) groups is 2. The van der Waals surface area contributed by atoms with Gasteiger partial charge in [0.1, 0.15) is 6.61 Å². The van der Waals surface area contributed by atoms with Gasteiger partial charge >= 0.3 is 12.1 Å². The van der Waals surface area contributed by atoms with Crippen LogP contribution in [0.5, 0.6) is 0 Å². The fourth-order valence-corrected chi connectivity index (χ4v) is 3.00. The average Bonchev–Trinajstić information content (AvgIpc) is 3.26. The van der Waals surface area contributed by atoms with Gasteiger partial charge in [0.05, 0.1) is 6.54 Å². The summed E-state index contributed by atoms with van der Waals surface area (Å²) in [4.78, 5) is 25.3. The standard InChI is InChI=1S/C19H25N5O3/c1-3-4-13(2)16-11-17(23-22-16)21-18(25)20-15-7-5-14(6-8-15)12-24-9-10-27-19(24)26/h5-8,11,13H,3-4,9-10,12H2,1-2H3,(H3,20,21,22,23,25). The second-order valence-corrected chi connectivity index (χ2v) is 6.71. The third kappa shape index (κ3) is 4.99. The number of nitrogens with zero attached hydrogens (tertiary/aromatic N) is 2. The summed E-state index contributed by atoms with van der Waals surface area (Å²) in [5, 5.41) is 12.6. The molecule has 0 radical (unpaired) electrons. The number of carbonyl (C=O) groups excluding carboxylic acids is 2. The van der Waals surface area contributed by atoms with E-state index < -0.39 is 0 Å². The Balaban J connectivity index is 1.51. The lowest BCUT2D eigenvalue weighted by atomic mass is 10.0. The van der Waals surface area contributed by atoms with Crippen LogP contribution in [0.4, 0.5) is 21.1 Å². The molecule has 0 saturated carbocycles. The van der Waals surface area contributed by atoms with Crippen molar-refractivity contribution in [2.45, 2.75) is 39.2 Å². The van der Waals surface area contributed by atoms with Gasteiger partial charge in [-0.15, -0.1) is 0 Å². The zero-order valence-electron chi connectivity index (χ0n) is 15.6. The fraction of sp³-hybridized carbons (Fsp3) is 0.421. The smallest absolute Gasteiger partial charge is 0.410 e. The van der Waals surface area contributed by atoms with E-state index in [1.165, 1.54) is 0 Å². The van der Waals surface area contributed by atoms with Gasteiger partial charge in [-0.2, -0.15) is 5.10 Å². The number of amides is 3. The van der Waals surface area contributed by atoms with Crippen LogP contribution in [0.3, 0.4) is 0 Å². The molecule has 0 aliphatic carbocycles. The van der Waals surface area contributed by atoms with Crippen molar-refractivity contribution in [2.24, 2.45) is 0 Å². The highest BCUT2D eigenvalue weighted by atomic mass is 16.6. The number of aromatic amines is 1. The first kappa shape index (κ1) is 18.8. The molecule has 3 amide bonds. The molecular formula is C19H25N5O3. The van der Waals surface area contributed by atoms with Gasteiger partial charge in [0.15, 0.2) is 5.82 Å². The summed E-state index contributed by atoms with van der Waals surface area (Å²) in [6.45, 7) is 5.80. The van der Waals surface area contributed by atoms with Crippen LogP contribution in [0.15, 0.2) is 30.3 Å². The monoisotopic (exact) mass is 371 g/mol. The van der Waals surface area contributed by atoms with Crippen LogP contribution in [0, 0.1) is 0 Å². The molecule has 144 valence electrons. The Labute approximate surface area is 158 Å². The minimum absolute atomic E-state index is 0.289. The number of benzene rings is 1. The van der Waals surface area contributed by atoms with Crippen molar-refractivity contribution in [3.05, 3.63) is 41.6 Å². The normalized spacial score (nSPS) is 14.7.